The molecule has 1 spiro atoms. The normalized spacial score (nSPS) is 19.4. The summed E-state index contributed by atoms with van der Waals surface area (Å²) < 4.78 is 0. The Hall–Kier alpha value is -9.11. The molecule has 2 heteroatoms. The highest BCUT2D eigenvalue weighted by molar-refractivity contribution is 6.09. The van der Waals surface area contributed by atoms with Crippen molar-refractivity contribution in [2.75, 3.05) is 4.90 Å². The van der Waals surface area contributed by atoms with Crippen molar-refractivity contribution in [2.45, 2.75) is 37.5 Å². The molecule has 1 aromatic heterocycles. The van der Waals surface area contributed by atoms with Gasteiger partial charge in [-0.05, 0) is 233 Å². The predicted molar refractivity (Wildman–Crippen MR) is 330 cm³/mol. The lowest BCUT2D eigenvalue weighted by molar-refractivity contribution is -0.0399. The third kappa shape index (κ3) is 7.56. The van der Waals surface area contributed by atoms with Gasteiger partial charge in [-0.2, -0.15) is 0 Å². The van der Waals surface area contributed by atoms with Crippen molar-refractivity contribution in [1.29, 1.82) is 0 Å². The fourth-order valence-electron chi connectivity index (χ4n) is 15.7. The van der Waals surface area contributed by atoms with Crippen LogP contribution in [0.3, 0.4) is 0 Å². The predicted octanol–water partition coefficient (Wildman–Crippen LogP) is 20.6. The molecule has 0 aliphatic heterocycles. The van der Waals surface area contributed by atoms with E-state index in [1.165, 1.54) is 132 Å². The number of rotatable bonds is 9. The first-order valence-electron chi connectivity index (χ1n) is 28.6. The summed E-state index contributed by atoms with van der Waals surface area (Å²) in [5.74, 6) is 3.01. The molecule has 0 unspecified atom stereocenters. The Morgan fingerprint density at radius 1 is 0.304 bits per heavy atom. The maximum Gasteiger partial charge on any atom is 0.0468 e. The van der Waals surface area contributed by atoms with Crippen LogP contribution in [0.2, 0.25) is 0 Å². The van der Waals surface area contributed by atoms with E-state index in [1.807, 2.05) is 12.4 Å². The van der Waals surface area contributed by atoms with Gasteiger partial charge in [0.2, 0.25) is 0 Å². The molecule has 376 valence electrons. The zero-order chi connectivity index (χ0) is 52.0. The maximum absolute atomic E-state index is 4.52. The summed E-state index contributed by atoms with van der Waals surface area (Å²) in [6.07, 6.45) is 10.7. The van der Waals surface area contributed by atoms with Gasteiger partial charge in [0.15, 0.2) is 0 Å². The quantitative estimate of drug-likeness (QED) is 0.134. The molecule has 12 aromatic rings. The fourth-order valence-corrected chi connectivity index (χ4v) is 15.7. The molecule has 0 atom stereocenters. The molecular weight excluding hydrogens is 953 g/mol. The smallest absolute Gasteiger partial charge is 0.0468 e. The van der Waals surface area contributed by atoms with Gasteiger partial charge in [-0.3, -0.25) is 4.98 Å². The number of fused-ring (bicyclic) bond motifs is 6. The minimum absolute atomic E-state index is 0.00259. The largest absolute Gasteiger partial charge is 0.310 e. The molecule has 4 bridgehead atoms. The third-order valence-electron chi connectivity index (χ3n) is 19.0. The Kier molecular flexibility index (Phi) is 10.8. The van der Waals surface area contributed by atoms with E-state index in [1.54, 1.807) is 11.1 Å². The Labute approximate surface area is 463 Å². The first-order valence-corrected chi connectivity index (χ1v) is 28.6. The first kappa shape index (κ1) is 46.0. The standard InChI is InChI=1S/C77H58N2/c1-3-11-52(12-4-1)55-27-31-65(32-28-55)79(67-35-36-69-62(47-67)26-25-57-15-7-8-18-68(57)69)66-33-29-56(30-34-66)54-21-23-58(24-22-54)72-49-75-73(48-71(72)59-37-39-78-40-38-59)76-70(61-17-9-16-60(46-61)53-13-5-2-6-14-53)19-10-20-74(76)77(75)63-42-50-41-51(44-63)45-64(77)43-50/h1-40,46-51,63-64H,41-45H2. The summed E-state index contributed by atoms with van der Waals surface area (Å²) in [6.45, 7) is 0. The van der Waals surface area contributed by atoms with E-state index in [9.17, 15) is 0 Å². The van der Waals surface area contributed by atoms with Crippen LogP contribution in [0, 0.1) is 23.7 Å². The molecule has 0 N–H and O–H groups in total. The molecule has 0 saturated heterocycles. The van der Waals surface area contributed by atoms with Gasteiger partial charge in [0.1, 0.15) is 0 Å². The number of pyridine rings is 1. The Morgan fingerprint density at radius 2 is 0.810 bits per heavy atom. The van der Waals surface area contributed by atoms with Crippen molar-refractivity contribution < 1.29 is 0 Å². The van der Waals surface area contributed by atoms with Crippen LogP contribution < -0.4 is 4.90 Å². The minimum Gasteiger partial charge on any atom is -0.310 e. The summed E-state index contributed by atoms with van der Waals surface area (Å²) in [7, 11) is 0. The highest BCUT2D eigenvalue weighted by atomic mass is 15.1. The van der Waals surface area contributed by atoms with E-state index in [-0.39, 0.29) is 5.41 Å². The molecule has 0 amide bonds. The lowest BCUT2D eigenvalue weighted by atomic mass is 9.43. The van der Waals surface area contributed by atoms with Crippen LogP contribution in [-0.4, -0.2) is 4.98 Å². The minimum atomic E-state index is -0.00259. The van der Waals surface area contributed by atoms with Crippen molar-refractivity contribution in [2.24, 2.45) is 23.7 Å². The van der Waals surface area contributed by atoms with Crippen LogP contribution in [-0.2, 0) is 5.41 Å². The highest BCUT2D eigenvalue weighted by Gasteiger charge is 2.62. The van der Waals surface area contributed by atoms with E-state index in [4.69, 9.17) is 0 Å². The lowest BCUT2D eigenvalue weighted by Gasteiger charge is -2.61. The van der Waals surface area contributed by atoms with Crippen LogP contribution in [0.25, 0.3) is 99.4 Å². The number of anilines is 3. The Balaban J connectivity index is 0.795. The van der Waals surface area contributed by atoms with Gasteiger partial charge >= 0.3 is 0 Å². The van der Waals surface area contributed by atoms with Gasteiger partial charge in [-0.15, -0.1) is 0 Å². The molecule has 79 heavy (non-hydrogen) atoms. The first-order chi connectivity index (χ1) is 39.1. The van der Waals surface area contributed by atoms with Crippen molar-refractivity contribution in [3.63, 3.8) is 0 Å². The lowest BCUT2D eigenvalue weighted by Crippen LogP contribution is -2.55. The van der Waals surface area contributed by atoms with E-state index in [0.29, 0.717) is 11.8 Å². The molecule has 17 rings (SSSR count). The van der Waals surface area contributed by atoms with Crippen LogP contribution in [0.5, 0.6) is 0 Å². The number of hydrogen-bond donors (Lipinski definition) is 0. The summed E-state index contributed by atoms with van der Waals surface area (Å²) in [4.78, 5) is 6.91. The van der Waals surface area contributed by atoms with Crippen LogP contribution in [0.1, 0.15) is 43.2 Å². The third-order valence-corrected chi connectivity index (χ3v) is 19.0. The summed E-state index contributed by atoms with van der Waals surface area (Å²) in [6, 6.07) is 95.5. The van der Waals surface area contributed by atoms with Crippen molar-refractivity contribution in [1.82, 2.24) is 4.98 Å². The Bertz CT molecular complexity index is 4250. The van der Waals surface area contributed by atoms with Gasteiger partial charge in [0.25, 0.3) is 0 Å². The van der Waals surface area contributed by atoms with Crippen LogP contribution in [0.15, 0.2) is 267 Å². The average molecular weight is 1010 g/mol. The van der Waals surface area contributed by atoms with Gasteiger partial charge in [0.05, 0.1) is 0 Å². The van der Waals surface area contributed by atoms with E-state index < -0.39 is 0 Å². The molecule has 4 fully saturated rings. The molecule has 2 nitrogen and oxygen atoms in total. The highest BCUT2D eigenvalue weighted by Crippen LogP contribution is 2.70. The van der Waals surface area contributed by atoms with Crippen LogP contribution >= 0.6 is 0 Å². The van der Waals surface area contributed by atoms with E-state index >= 15 is 0 Å². The van der Waals surface area contributed by atoms with Crippen molar-refractivity contribution in [3.8, 4) is 77.9 Å². The molecule has 5 aliphatic carbocycles. The SMILES string of the molecule is c1ccc(-c2ccc(N(c3ccc(-c4ccc(-c5cc6c(cc5-c5ccncc5)-c5c(-c7cccc(-c8ccccc8)c7)cccc5C65C6CC7CC(C6)CC5C7)cc4)cc3)c3ccc4c(ccc5ccccc54)c3)cc2)cc1. The summed E-state index contributed by atoms with van der Waals surface area (Å²) in [5, 5.41) is 5.02. The van der Waals surface area contributed by atoms with Gasteiger partial charge < -0.3 is 4.90 Å². The summed E-state index contributed by atoms with van der Waals surface area (Å²) >= 11 is 0. The molecule has 1 heterocycles. The maximum atomic E-state index is 4.52. The molecule has 4 saturated carbocycles. The number of benzene rings is 11. The Morgan fingerprint density at radius 3 is 1.49 bits per heavy atom. The van der Waals surface area contributed by atoms with Gasteiger partial charge in [-0.25, -0.2) is 0 Å². The molecule has 0 radical (unpaired) electrons. The zero-order valence-electron chi connectivity index (χ0n) is 44.1. The second kappa shape index (κ2) is 18.5. The fraction of sp³-hybridized carbons (Fsp3) is 0.130. The van der Waals surface area contributed by atoms with E-state index in [2.05, 4.69) is 265 Å². The van der Waals surface area contributed by atoms with Crippen molar-refractivity contribution >= 4 is 38.6 Å². The molecule has 11 aromatic carbocycles. The van der Waals surface area contributed by atoms with Gasteiger partial charge in [0, 0.05) is 34.9 Å². The number of aromatic nitrogens is 1. The van der Waals surface area contributed by atoms with E-state index in [0.717, 1.165) is 28.9 Å². The van der Waals surface area contributed by atoms with Crippen molar-refractivity contribution in [3.05, 3.63) is 278 Å². The average Bonchev–Trinajstić information content (AvgIpc) is 4.08. The second-order valence-electron chi connectivity index (χ2n) is 23.1. The summed E-state index contributed by atoms with van der Waals surface area (Å²) in [5.41, 5.74) is 24.3. The topological polar surface area (TPSA) is 16.1 Å². The number of nitrogens with zero attached hydrogens (tertiary/aromatic N) is 2. The van der Waals surface area contributed by atoms with Gasteiger partial charge in [-0.1, -0.05) is 188 Å². The zero-order valence-corrected chi connectivity index (χ0v) is 44.1. The number of hydrogen-bond acceptors (Lipinski definition) is 2. The molecule has 5 aliphatic rings. The van der Waals surface area contributed by atoms with Crippen LogP contribution in [0.4, 0.5) is 17.1 Å². The molecular formula is C77H58N2. The second-order valence-corrected chi connectivity index (χ2v) is 23.1. The monoisotopic (exact) mass is 1010 g/mol.